The minimum Gasteiger partial charge on any atom is -0.353 e. The Morgan fingerprint density at radius 2 is 1.84 bits per heavy atom. The van der Waals surface area contributed by atoms with E-state index in [1.54, 1.807) is 0 Å². The monoisotopic (exact) mass is 494 g/mol. The average Bonchev–Trinajstić information content (AvgIpc) is 3.29. The fourth-order valence-corrected chi connectivity index (χ4v) is 4.68. The van der Waals surface area contributed by atoms with Gasteiger partial charge in [-0.1, -0.05) is 40.2 Å². The second-order valence-corrected chi connectivity index (χ2v) is 9.31. The molecule has 1 aromatic heterocycles. The van der Waals surface area contributed by atoms with Crippen LogP contribution in [0, 0.1) is 0 Å². The third kappa shape index (κ3) is 4.71. The molecule has 0 aliphatic carbocycles. The first kappa shape index (κ1) is 21.2. The van der Waals surface area contributed by atoms with Gasteiger partial charge < -0.3 is 20.4 Å². The molecule has 166 valence electrons. The highest BCUT2D eigenvalue weighted by molar-refractivity contribution is 9.10. The Bertz CT molecular complexity index is 1100. The van der Waals surface area contributed by atoms with Crippen molar-refractivity contribution in [2.45, 2.75) is 18.9 Å². The maximum absolute atomic E-state index is 12.8. The fourth-order valence-electron chi connectivity index (χ4n) is 4.42. The predicted molar refractivity (Wildman–Crippen MR) is 131 cm³/mol. The van der Waals surface area contributed by atoms with E-state index in [0.717, 1.165) is 65.9 Å². The number of carbonyl (C=O) groups excluding carboxylic acids is 1. The van der Waals surface area contributed by atoms with Gasteiger partial charge in [0, 0.05) is 55.2 Å². The highest BCUT2D eigenvalue weighted by Gasteiger charge is 2.27. The van der Waals surface area contributed by atoms with Crippen LogP contribution in [0.1, 0.15) is 12.0 Å². The van der Waals surface area contributed by atoms with Crippen molar-refractivity contribution in [2.75, 3.05) is 49.5 Å². The number of benzene rings is 2. The Kier molecular flexibility index (Phi) is 6.23. The van der Waals surface area contributed by atoms with Gasteiger partial charge in [0.05, 0.1) is 11.9 Å². The number of amides is 1. The maximum atomic E-state index is 12.8. The second kappa shape index (κ2) is 9.42. The summed E-state index contributed by atoms with van der Waals surface area (Å²) in [4.78, 5) is 26.7. The van der Waals surface area contributed by atoms with Gasteiger partial charge in [-0.25, -0.2) is 4.98 Å². The van der Waals surface area contributed by atoms with E-state index in [1.165, 1.54) is 0 Å². The normalized spacial score (nSPS) is 18.8. The zero-order valence-electron chi connectivity index (χ0n) is 17.9. The number of piperazine rings is 1. The predicted octanol–water partition coefficient (Wildman–Crippen LogP) is 3.06. The Labute approximate surface area is 196 Å². The van der Waals surface area contributed by atoms with Crippen molar-refractivity contribution in [3.8, 4) is 0 Å². The zero-order chi connectivity index (χ0) is 21.9. The lowest BCUT2D eigenvalue weighted by molar-refractivity contribution is -0.129. The van der Waals surface area contributed by atoms with Crippen molar-refractivity contribution < 1.29 is 4.79 Å². The number of hydrogen-bond donors (Lipinski definition) is 2. The smallest absolute Gasteiger partial charge is 0.227 e. The number of likely N-dealkylation sites (tertiary alicyclic amines) is 1. The summed E-state index contributed by atoms with van der Waals surface area (Å²) in [6.45, 7) is 5.21. The van der Waals surface area contributed by atoms with E-state index in [0.29, 0.717) is 18.9 Å². The van der Waals surface area contributed by atoms with E-state index in [4.69, 9.17) is 9.97 Å². The standard InChI is InChI=1S/C24H27BrN6O/c25-18-7-5-17(6-8-18)15-22(32)31-12-9-19(16-31)27-24-28-21-4-2-1-3-20(21)23(29-24)30-13-10-26-11-14-30/h1-8,19,26H,9-16H2,(H,27,28,29)/t19-/m0/s1. The molecule has 2 N–H and O–H groups in total. The molecule has 32 heavy (non-hydrogen) atoms. The number of nitrogens with zero attached hydrogens (tertiary/aromatic N) is 4. The second-order valence-electron chi connectivity index (χ2n) is 8.40. The van der Waals surface area contributed by atoms with Crippen LogP contribution in [-0.2, 0) is 11.2 Å². The molecule has 2 aliphatic rings. The van der Waals surface area contributed by atoms with Gasteiger partial charge in [-0.3, -0.25) is 4.79 Å². The quantitative estimate of drug-likeness (QED) is 0.567. The van der Waals surface area contributed by atoms with Gasteiger partial charge in [0.15, 0.2) is 0 Å². The summed E-state index contributed by atoms with van der Waals surface area (Å²) in [5.41, 5.74) is 1.98. The van der Waals surface area contributed by atoms with E-state index >= 15 is 0 Å². The SMILES string of the molecule is O=C(Cc1ccc(Br)cc1)N1CC[C@H](Nc2nc(N3CCNCC3)c3ccccc3n2)C1. The molecular weight excluding hydrogens is 468 g/mol. The number of halogens is 1. The minimum atomic E-state index is 0.154. The third-order valence-electron chi connectivity index (χ3n) is 6.14. The number of hydrogen-bond acceptors (Lipinski definition) is 6. The van der Waals surface area contributed by atoms with Crippen molar-refractivity contribution in [2.24, 2.45) is 0 Å². The average molecular weight is 495 g/mol. The molecule has 0 spiro atoms. The van der Waals surface area contributed by atoms with Gasteiger partial charge >= 0.3 is 0 Å². The molecule has 2 aliphatic heterocycles. The van der Waals surface area contributed by atoms with Crippen LogP contribution in [0.3, 0.4) is 0 Å². The van der Waals surface area contributed by atoms with Crippen molar-refractivity contribution >= 4 is 44.5 Å². The number of rotatable bonds is 5. The summed E-state index contributed by atoms with van der Waals surface area (Å²) in [5, 5.41) is 7.99. The lowest BCUT2D eigenvalue weighted by Crippen LogP contribution is -2.44. The molecule has 3 heterocycles. The molecule has 0 bridgehead atoms. The van der Waals surface area contributed by atoms with Gasteiger partial charge in [0.2, 0.25) is 11.9 Å². The van der Waals surface area contributed by atoms with E-state index in [1.807, 2.05) is 47.4 Å². The number of carbonyl (C=O) groups is 1. The molecule has 2 fully saturated rings. The molecule has 5 rings (SSSR count). The Morgan fingerprint density at radius 3 is 2.66 bits per heavy atom. The van der Waals surface area contributed by atoms with Crippen LogP contribution >= 0.6 is 15.9 Å². The molecule has 1 atom stereocenters. The van der Waals surface area contributed by atoms with Gasteiger partial charge in [0.1, 0.15) is 5.82 Å². The minimum absolute atomic E-state index is 0.154. The molecule has 8 heteroatoms. The van der Waals surface area contributed by atoms with Crippen molar-refractivity contribution in [1.29, 1.82) is 0 Å². The van der Waals surface area contributed by atoms with Crippen LogP contribution in [0.4, 0.5) is 11.8 Å². The summed E-state index contributed by atoms with van der Waals surface area (Å²) in [6, 6.07) is 16.3. The topological polar surface area (TPSA) is 73.4 Å². The van der Waals surface area contributed by atoms with Crippen LogP contribution in [0.2, 0.25) is 0 Å². The fraction of sp³-hybridized carbons (Fsp3) is 0.375. The first-order valence-electron chi connectivity index (χ1n) is 11.2. The molecule has 0 unspecified atom stereocenters. The summed E-state index contributed by atoms with van der Waals surface area (Å²) in [7, 11) is 0. The number of aromatic nitrogens is 2. The van der Waals surface area contributed by atoms with Gasteiger partial charge in [-0.15, -0.1) is 0 Å². The van der Waals surface area contributed by atoms with E-state index in [-0.39, 0.29) is 11.9 Å². The van der Waals surface area contributed by atoms with Crippen LogP contribution in [0.15, 0.2) is 53.0 Å². The summed E-state index contributed by atoms with van der Waals surface area (Å²) in [6.07, 6.45) is 1.32. The highest BCUT2D eigenvalue weighted by Crippen LogP contribution is 2.26. The largest absolute Gasteiger partial charge is 0.353 e. The van der Waals surface area contributed by atoms with Crippen LogP contribution in [0.25, 0.3) is 10.9 Å². The number of para-hydroxylation sites is 1. The first-order chi connectivity index (χ1) is 15.7. The first-order valence-corrected chi connectivity index (χ1v) is 12.0. The van der Waals surface area contributed by atoms with Gasteiger partial charge in [0.25, 0.3) is 0 Å². The number of nitrogens with one attached hydrogen (secondary N) is 2. The summed E-state index contributed by atoms with van der Waals surface area (Å²) < 4.78 is 1.02. The summed E-state index contributed by atoms with van der Waals surface area (Å²) >= 11 is 3.44. The Morgan fingerprint density at radius 1 is 1.06 bits per heavy atom. The van der Waals surface area contributed by atoms with Crippen LogP contribution < -0.4 is 15.5 Å². The molecular formula is C24H27BrN6O. The van der Waals surface area contributed by atoms with Crippen molar-refractivity contribution in [3.63, 3.8) is 0 Å². The molecule has 1 amide bonds. The molecule has 2 saturated heterocycles. The highest BCUT2D eigenvalue weighted by atomic mass is 79.9. The summed E-state index contributed by atoms with van der Waals surface area (Å²) in [5.74, 6) is 1.79. The van der Waals surface area contributed by atoms with Crippen molar-refractivity contribution in [1.82, 2.24) is 20.2 Å². The van der Waals surface area contributed by atoms with E-state index < -0.39 is 0 Å². The zero-order valence-corrected chi connectivity index (χ0v) is 19.5. The number of anilines is 2. The number of fused-ring (bicyclic) bond motifs is 1. The third-order valence-corrected chi connectivity index (χ3v) is 6.67. The molecule has 0 saturated carbocycles. The van der Waals surface area contributed by atoms with Crippen LogP contribution in [-0.4, -0.2) is 66.1 Å². The lowest BCUT2D eigenvalue weighted by Gasteiger charge is -2.29. The Hall–Kier alpha value is -2.71. The molecule has 3 aromatic rings. The van der Waals surface area contributed by atoms with E-state index in [2.05, 4.69) is 37.5 Å². The maximum Gasteiger partial charge on any atom is 0.227 e. The van der Waals surface area contributed by atoms with Crippen LogP contribution in [0.5, 0.6) is 0 Å². The molecule has 2 aromatic carbocycles. The molecule has 0 radical (unpaired) electrons. The lowest BCUT2D eigenvalue weighted by atomic mass is 10.1. The van der Waals surface area contributed by atoms with Crippen molar-refractivity contribution in [3.05, 3.63) is 58.6 Å². The molecule has 7 nitrogen and oxygen atoms in total. The Balaban J connectivity index is 1.28. The van der Waals surface area contributed by atoms with Gasteiger partial charge in [-0.05, 0) is 36.2 Å². The van der Waals surface area contributed by atoms with Gasteiger partial charge in [-0.2, -0.15) is 4.98 Å². The van der Waals surface area contributed by atoms with E-state index in [9.17, 15) is 4.79 Å².